The van der Waals surface area contributed by atoms with Gasteiger partial charge in [0.05, 0.1) is 17.6 Å². The summed E-state index contributed by atoms with van der Waals surface area (Å²) in [4.78, 5) is 28.5. The van der Waals surface area contributed by atoms with Crippen LogP contribution in [0.25, 0.3) is 11.0 Å². The summed E-state index contributed by atoms with van der Waals surface area (Å²) in [6, 6.07) is 15.1. The maximum Gasteiger partial charge on any atom is 0.323 e. The first-order chi connectivity index (χ1) is 11.7. The number of aromatic amines is 2. The van der Waals surface area contributed by atoms with Crippen LogP contribution < -0.4 is 15.7 Å². The Morgan fingerprint density at radius 3 is 2.67 bits per heavy atom. The minimum atomic E-state index is -0.232. The Morgan fingerprint density at radius 1 is 1.04 bits per heavy atom. The van der Waals surface area contributed by atoms with Crippen molar-refractivity contribution in [1.29, 1.82) is 0 Å². The van der Waals surface area contributed by atoms with Crippen molar-refractivity contribution in [2.24, 2.45) is 0 Å². The van der Waals surface area contributed by atoms with Gasteiger partial charge in [0.2, 0.25) is 5.91 Å². The number of nitrogens with one attached hydrogen (secondary N) is 3. The molecule has 24 heavy (non-hydrogen) atoms. The Hall–Kier alpha value is -3.02. The van der Waals surface area contributed by atoms with Crippen molar-refractivity contribution in [3.8, 4) is 5.75 Å². The van der Waals surface area contributed by atoms with Crippen molar-refractivity contribution in [3.05, 3.63) is 64.6 Å². The third-order valence-electron chi connectivity index (χ3n) is 3.63. The third-order valence-corrected chi connectivity index (χ3v) is 3.63. The second kappa shape index (κ2) is 7.50. The molecule has 0 unspecified atom stereocenters. The number of hydrogen-bond acceptors (Lipinski definition) is 3. The van der Waals surface area contributed by atoms with Gasteiger partial charge >= 0.3 is 5.69 Å². The standard InChI is InChI=1S/C18H19N3O3/c22-17(7-4-10-24-14-5-2-1-3-6-14)19-12-13-8-9-15-16(11-13)21-18(23)20-15/h1-3,5-6,8-9,11H,4,7,10,12H2,(H,19,22)(H2,20,21,23). The summed E-state index contributed by atoms with van der Waals surface area (Å²) in [5, 5.41) is 2.87. The number of rotatable bonds is 7. The smallest absolute Gasteiger partial charge is 0.323 e. The van der Waals surface area contributed by atoms with E-state index in [0.29, 0.717) is 26.0 Å². The summed E-state index contributed by atoms with van der Waals surface area (Å²) in [5.41, 5.74) is 2.20. The number of imidazole rings is 1. The molecule has 3 N–H and O–H groups in total. The molecule has 0 spiro atoms. The number of benzene rings is 2. The van der Waals surface area contributed by atoms with Gasteiger partial charge in [-0.25, -0.2) is 4.79 Å². The lowest BCUT2D eigenvalue weighted by atomic mass is 10.2. The summed E-state index contributed by atoms with van der Waals surface area (Å²) < 4.78 is 5.55. The Morgan fingerprint density at radius 2 is 1.83 bits per heavy atom. The van der Waals surface area contributed by atoms with Crippen LogP contribution in [0.2, 0.25) is 0 Å². The van der Waals surface area contributed by atoms with Crippen molar-refractivity contribution < 1.29 is 9.53 Å². The van der Waals surface area contributed by atoms with Crippen molar-refractivity contribution in [2.75, 3.05) is 6.61 Å². The number of aromatic nitrogens is 2. The highest BCUT2D eigenvalue weighted by molar-refractivity contribution is 5.77. The fourth-order valence-electron chi connectivity index (χ4n) is 2.42. The van der Waals surface area contributed by atoms with Crippen LogP contribution in [0.15, 0.2) is 53.3 Å². The van der Waals surface area contributed by atoms with Crippen LogP contribution in [-0.4, -0.2) is 22.5 Å². The van der Waals surface area contributed by atoms with Gasteiger partial charge in [0.25, 0.3) is 0 Å². The van der Waals surface area contributed by atoms with Crippen LogP contribution in [-0.2, 0) is 11.3 Å². The number of ether oxygens (including phenoxy) is 1. The van der Waals surface area contributed by atoms with E-state index in [2.05, 4.69) is 15.3 Å². The average Bonchev–Trinajstić information content (AvgIpc) is 2.97. The second-order valence-corrected chi connectivity index (χ2v) is 5.50. The number of carbonyl (C=O) groups excluding carboxylic acids is 1. The molecule has 0 saturated carbocycles. The van der Waals surface area contributed by atoms with Crippen molar-refractivity contribution in [3.63, 3.8) is 0 Å². The molecule has 1 aromatic heterocycles. The zero-order valence-electron chi connectivity index (χ0n) is 13.2. The van der Waals surface area contributed by atoms with E-state index in [1.807, 2.05) is 48.5 Å². The summed E-state index contributed by atoms with van der Waals surface area (Å²) in [6.45, 7) is 0.940. The third kappa shape index (κ3) is 4.25. The van der Waals surface area contributed by atoms with Gasteiger partial charge in [-0.2, -0.15) is 0 Å². The van der Waals surface area contributed by atoms with E-state index in [9.17, 15) is 9.59 Å². The summed E-state index contributed by atoms with van der Waals surface area (Å²) in [5.74, 6) is 0.793. The number of fused-ring (bicyclic) bond motifs is 1. The fourth-order valence-corrected chi connectivity index (χ4v) is 2.42. The monoisotopic (exact) mass is 325 g/mol. The highest BCUT2D eigenvalue weighted by Crippen LogP contribution is 2.10. The molecule has 0 radical (unpaired) electrons. The first-order valence-corrected chi connectivity index (χ1v) is 7.86. The molecule has 1 heterocycles. The number of para-hydroxylation sites is 1. The lowest BCUT2D eigenvalue weighted by Crippen LogP contribution is -2.22. The molecule has 0 saturated heterocycles. The summed E-state index contributed by atoms with van der Waals surface area (Å²) in [7, 11) is 0. The predicted octanol–water partition coefficient (Wildman–Crippen LogP) is 2.33. The molecule has 1 amide bonds. The number of hydrogen-bond donors (Lipinski definition) is 3. The molecule has 0 fully saturated rings. The maximum atomic E-state index is 11.9. The summed E-state index contributed by atoms with van der Waals surface area (Å²) in [6.07, 6.45) is 1.07. The largest absolute Gasteiger partial charge is 0.494 e. The van der Waals surface area contributed by atoms with E-state index < -0.39 is 0 Å². The van der Waals surface area contributed by atoms with E-state index in [0.717, 1.165) is 22.3 Å². The number of carbonyl (C=O) groups is 1. The van der Waals surface area contributed by atoms with Gasteiger partial charge in [-0.1, -0.05) is 24.3 Å². The van der Waals surface area contributed by atoms with Gasteiger partial charge in [-0.05, 0) is 36.2 Å². The molecule has 0 aliphatic carbocycles. The quantitative estimate of drug-likeness (QED) is 0.583. The fraction of sp³-hybridized carbons (Fsp3) is 0.222. The highest BCUT2D eigenvalue weighted by atomic mass is 16.5. The van der Waals surface area contributed by atoms with Crippen LogP contribution in [0.3, 0.4) is 0 Å². The van der Waals surface area contributed by atoms with Gasteiger partial charge < -0.3 is 20.0 Å². The van der Waals surface area contributed by atoms with Crippen molar-refractivity contribution in [1.82, 2.24) is 15.3 Å². The van der Waals surface area contributed by atoms with E-state index >= 15 is 0 Å². The molecular formula is C18H19N3O3. The zero-order chi connectivity index (χ0) is 16.8. The van der Waals surface area contributed by atoms with Crippen LogP contribution >= 0.6 is 0 Å². The topological polar surface area (TPSA) is 87.0 Å². The van der Waals surface area contributed by atoms with Gasteiger partial charge in [0.1, 0.15) is 5.75 Å². The molecule has 2 aromatic carbocycles. The van der Waals surface area contributed by atoms with Gasteiger partial charge in [-0.15, -0.1) is 0 Å². The van der Waals surface area contributed by atoms with E-state index in [1.54, 1.807) is 0 Å². The molecule has 124 valence electrons. The van der Waals surface area contributed by atoms with Crippen molar-refractivity contribution >= 4 is 16.9 Å². The lowest BCUT2D eigenvalue weighted by molar-refractivity contribution is -0.121. The lowest BCUT2D eigenvalue weighted by Gasteiger charge is -2.07. The Kier molecular flexibility index (Phi) is 4.96. The Bertz CT molecular complexity index is 868. The minimum Gasteiger partial charge on any atom is -0.494 e. The van der Waals surface area contributed by atoms with Crippen LogP contribution in [0, 0.1) is 0 Å². The molecule has 3 rings (SSSR count). The molecule has 0 atom stereocenters. The van der Waals surface area contributed by atoms with Crippen LogP contribution in [0.4, 0.5) is 0 Å². The molecular weight excluding hydrogens is 306 g/mol. The van der Waals surface area contributed by atoms with Crippen LogP contribution in [0.5, 0.6) is 5.75 Å². The molecule has 3 aromatic rings. The Labute approximate surface area is 138 Å². The first kappa shape index (κ1) is 15.9. The van der Waals surface area contributed by atoms with E-state index in [1.165, 1.54) is 0 Å². The predicted molar refractivity (Wildman–Crippen MR) is 91.9 cm³/mol. The molecule has 0 aliphatic heterocycles. The molecule has 6 nitrogen and oxygen atoms in total. The molecule has 0 bridgehead atoms. The first-order valence-electron chi connectivity index (χ1n) is 7.86. The average molecular weight is 325 g/mol. The SMILES string of the molecule is O=C(CCCOc1ccccc1)NCc1ccc2[nH]c(=O)[nH]c2c1. The van der Waals surface area contributed by atoms with E-state index in [-0.39, 0.29) is 11.6 Å². The van der Waals surface area contributed by atoms with Crippen molar-refractivity contribution in [2.45, 2.75) is 19.4 Å². The molecule has 0 aliphatic rings. The van der Waals surface area contributed by atoms with Crippen LogP contribution in [0.1, 0.15) is 18.4 Å². The van der Waals surface area contributed by atoms with Gasteiger partial charge in [0.15, 0.2) is 0 Å². The summed E-state index contributed by atoms with van der Waals surface area (Å²) >= 11 is 0. The molecule has 6 heteroatoms. The minimum absolute atomic E-state index is 0.0191. The zero-order valence-corrected chi connectivity index (χ0v) is 13.2. The van der Waals surface area contributed by atoms with E-state index in [4.69, 9.17) is 4.74 Å². The second-order valence-electron chi connectivity index (χ2n) is 5.50. The number of amides is 1. The maximum absolute atomic E-state index is 11.9. The Balaban J connectivity index is 1.40. The van der Waals surface area contributed by atoms with Gasteiger partial charge in [0, 0.05) is 13.0 Å². The highest BCUT2D eigenvalue weighted by Gasteiger charge is 2.04. The normalized spacial score (nSPS) is 10.7. The number of H-pyrrole nitrogens is 2. The van der Waals surface area contributed by atoms with Gasteiger partial charge in [-0.3, -0.25) is 4.79 Å².